The Labute approximate surface area is 190 Å². The average molecular weight is 432 g/mol. The molecule has 168 valence electrons. The van der Waals surface area contributed by atoms with Gasteiger partial charge in [-0.2, -0.15) is 5.10 Å². The Morgan fingerprint density at radius 2 is 1.66 bits per heavy atom. The van der Waals surface area contributed by atoms with E-state index in [4.69, 9.17) is 0 Å². The summed E-state index contributed by atoms with van der Waals surface area (Å²) >= 11 is 0. The summed E-state index contributed by atoms with van der Waals surface area (Å²) in [5, 5.41) is 7.58. The van der Waals surface area contributed by atoms with Crippen LogP contribution < -0.4 is 10.2 Å². The molecule has 0 aliphatic carbocycles. The second-order valence-corrected chi connectivity index (χ2v) is 8.28. The lowest BCUT2D eigenvalue weighted by Crippen LogP contribution is -2.47. The number of amides is 1. The van der Waals surface area contributed by atoms with Gasteiger partial charge in [0.15, 0.2) is 0 Å². The van der Waals surface area contributed by atoms with Gasteiger partial charge in [-0.05, 0) is 37.1 Å². The van der Waals surface area contributed by atoms with E-state index in [-0.39, 0.29) is 5.91 Å². The Bertz CT molecular complexity index is 978. The molecule has 1 aliphatic rings. The molecule has 2 heterocycles. The standard InChI is InChI=1S/C26H33N5O/c1-2-25-24(20-28-31(25)21-22-10-5-3-6-11-22)26(32)27-14-9-15-29-16-18-30(19-17-29)23-12-7-4-8-13-23/h3-8,10-13,20H,2,9,14-19,21H2,1H3,(H,27,32). The quantitative estimate of drug-likeness (QED) is 0.528. The van der Waals surface area contributed by atoms with E-state index in [1.165, 1.54) is 11.3 Å². The summed E-state index contributed by atoms with van der Waals surface area (Å²) in [7, 11) is 0. The van der Waals surface area contributed by atoms with Gasteiger partial charge in [0.2, 0.25) is 0 Å². The Kier molecular flexibility index (Phi) is 7.56. The molecule has 1 amide bonds. The van der Waals surface area contributed by atoms with E-state index < -0.39 is 0 Å². The molecule has 1 aliphatic heterocycles. The molecule has 6 nitrogen and oxygen atoms in total. The van der Waals surface area contributed by atoms with E-state index >= 15 is 0 Å². The van der Waals surface area contributed by atoms with Gasteiger partial charge >= 0.3 is 0 Å². The van der Waals surface area contributed by atoms with Crippen molar-refractivity contribution in [1.82, 2.24) is 20.0 Å². The van der Waals surface area contributed by atoms with Gasteiger partial charge in [-0.15, -0.1) is 0 Å². The summed E-state index contributed by atoms with van der Waals surface area (Å²) < 4.78 is 1.94. The van der Waals surface area contributed by atoms with Crippen molar-refractivity contribution in [2.24, 2.45) is 0 Å². The molecular formula is C26H33N5O. The van der Waals surface area contributed by atoms with Crippen molar-refractivity contribution >= 4 is 11.6 Å². The van der Waals surface area contributed by atoms with Crippen LogP contribution in [0.5, 0.6) is 0 Å². The molecule has 3 aromatic rings. The van der Waals surface area contributed by atoms with Gasteiger partial charge < -0.3 is 10.2 Å². The highest BCUT2D eigenvalue weighted by molar-refractivity contribution is 5.95. The molecule has 1 aromatic heterocycles. The molecule has 6 heteroatoms. The van der Waals surface area contributed by atoms with Crippen LogP contribution in [0, 0.1) is 0 Å². The highest BCUT2D eigenvalue weighted by Crippen LogP contribution is 2.16. The third-order valence-electron chi connectivity index (χ3n) is 6.13. The normalized spacial score (nSPS) is 14.5. The third kappa shape index (κ3) is 5.56. The van der Waals surface area contributed by atoms with Crippen LogP contribution in [0.25, 0.3) is 0 Å². The number of rotatable bonds is 9. The fourth-order valence-electron chi connectivity index (χ4n) is 4.33. The smallest absolute Gasteiger partial charge is 0.254 e. The van der Waals surface area contributed by atoms with Gasteiger partial charge in [0.25, 0.3) is 5.91 Å². The van der Waals surface area contributed by atoms with E-state index in [0.29, 0.717) is 18.7 Å². The van der Waals surface area contributed by atoms with Crippen LogP contribution in [0.1, 0.15) is 35.0 Å². The topological polar surface area (TPSA) is 53.4 Å². The zero-order valence-corrected chi connectivity index (χ0v) is 18.9. The number of anilines is 1. The van der Waals surface area contributed by atoms with Crippen molar-refractivity contribution in [3.8, 4) is 0 Å². The van der Waals surface area contributed by atoms with E-state index in [2.05, 4.69) is 69.6 Å². The molecule has 32 heavy (non-hydrogen) atoms. The largest absolute Gasteiger partial charge is 0.369 e. The lowest BCUT2D eigenvalue weighted by atomic mass is 10.1. The molecule has 1 saturated heterocycles. The monoisotopic (exact) mass is 431 g/mol. The molecule has 1 N–H and O–H groups in total. The number of benzene rings is 2. The third-order valence-corrected chi connectivity index (χ3v) is 6.13. The Morgan fingerprint density at radius 1 is 0.969 bits per heavy atom. The molecule has 0 unspecified atom stereocenters. The lowest BCUT2D eigenvalue weighted by Gasteiger charge is -2.36. The number of carbonyl (C=O) groups excluding carboxylic acids is 1. The van der Waals surface area contributed by atoms with Crippen LogP contribution in [0.2, 0.25) is 0 Å². The van der Waals surface area contributed by atoms with Crippen LogP contribution in [0.15, 0.2) is 66.9 Å². The first-order valence-corrected chi connectivity index (χ1v) is 11.6. The van der Waals surface area contributed by atoms with Gasteiger partial charge in [-0.3, -0.25) is 14.4 Å². The number of carbonyl (C=O) groups is 1. The molecule has 1 fully saturated rings. The van der Waals surface area contributed by atoms with E-state index in [0.717, 1.165) is 51.3 Å². The summed E-state index contributed by atoms with van der Waals surface area (Å²) in [5.74, 6) is -0.0185. The van der Waals surface area contributed by atoms with Crippen LogP contribution in [0.4, 0.5) is 5.69 Å². The maximum atomic E-state index is 12.8. The van der Waals surface area contributed by atoms with Crippen molar-refractivity contribution in [3.63, 3.8) is 0 Å². The number of nitrogens with zero attached hydrogens (tertiary/aromatic N) is 4. The van der Waals surface area contributed by atoms with Crippen LogP contribution in [-0.4, -0.2) is 59.9 Å². The first-order valence-electron chi connectivity index (χ1n) is 11.6. The van der Waals surface area contributed by atoms with Crippen molar-refractivity contribution in [3.05, 3.63) is 83.7 Å². The number of nitrogens with one attached hydrogen (secondary N) is 1. The molecule has 0 bridgehead atoms. The molecule has 0 spiro atoms. The molecule has 0 saturated carbocycles. The molecule has 0 atom stereocenters. The average Bonchev–Trinajstić information content (AvgIpc) is 3.26. The Hall–Kier alpha value is -3.12. The molecular weight excluding hydrogens is 398 g/mol. The zero-order chi connectivity index (χ0) is 22.2. The Morgan fingerprint density at radius 3 is 2.34 bits per heavy atom. The lowest BCUT2D eigenvalue weighted by molar-refractivity contribution is 0.0950. The first-order chi connectivity index (χ1) is 15.7. The fraction of sp³-hybridized carbons (Fsp3) is 0.385. The number of aromatic nitrogens is 2. The van der Waals surface area contributed by atoms with E-state index in [1.807, 2.05) is 22.9 Å². The highest BCUT2D eigenvalue weighted by atomic mass is 16.1. The minimum atomic E-state index is -0.0185. The summed E-state index contributed by atoms with van der Waals surface area (Å²) in [6.07, 6.45) is 3.44. The van der Waals surface area contributed by atoms with Crippen molar-refractivity contribution in [2.75, 3.05) is 44.2 Å². The molecule has 0 radical (unpaired) electrons. The van der Waals surface area contributed by atoms with E-state index in [9.17, 15) is 4.79 Å². The minimum Gasteiger partial charge on any atom is -0.369 e. The number of piperazine rings is 1. The van der Waals surface area contributed by atoms with Gasteiger partial charge in [0.05, 0.1) is 24.0 Å². The van der Waals surface area contributed by atoms with Gasteiger partial charge in [-0.1, -0.05) is 55.5 Å². The predicted octanol–water partition coefficient (Wildman–Crippen LogP) is 3.44. The molecule has 2 aromatic carbocycles. The van der Waals surface area contributed by atoms with Crippen molar-refractivity contribution < 1.29 is 4.79 Å². The summed E-state index contributed by atoms with van der Waals surface area (Å²) in [4.78, 5) is 17.7. The number of hydrogen-bond donors (Lipinski definition) is 1. The summed E-state index contributed by atoms with van der Waals surface area (Å²) in [6.45, 7) is 8.69. The second kappa shape index (κ2) is 11.0. The SMILES string of the molecule is CCc1c(C(=O)NCCCN2CCN(c3ccccc3)CC2)cnn1Cc1ccccc1. The Balaban J connectivity index is 1.21. The second-order valence-electron chi connectivity index (χ2n) is 8.28. The van der Waals surface area contributed by atoms with E-state index in [1.54, 1.807) is 6.20 Å². The maximum Gasteiger partial charge on any atom is 0.254 e. The summed E-state index contributed by atoms with van der Waals surface area (Å²) in [5.41, 5.74) is 4.17. The zero-order valence-electron chi connectivity index (χ0n) is 18.9. The van der Waals surface area contributed by atoms with Gasteiger partial charge in [0, 0.05) is 38.4 Å². The van der Waals surface area contributed by atoms with Crippen LogP contribution in [0.3, 0.4) is 0 Å². The summed E-state index contributed by atoms with van der Waals surface area (Å²) in [6, 6.07) is 20.8. The predicted molar refractivity (Wildman–Crippen MR) is 129 cm³/mol. The highest BCUT2D eigenvalue weighted by Gasteiger charge is 2.18. The van der Waals surface area contributed by atoms with Crippen molar-refractivity contribution in [2.45, 2.75) is 26.3 Å². The fourth-order valence-corrected chi connectivity index (χ4v) is 4.33. The number of hydrogen-bond acceptors (Lipinski definition) is 4. The van der Waals surface area contributed by atoms with Crippen molar-refractivity contribution in [1.29, 1.82) is 0 Å². The maximum absolute atomic E-state index is 12.8. The molecule has 4 rings (SSSR count). The van der Waals surface area contributed by atoms with Crippen LogP contribution in [-0.2, 0) is 13.0 Å². The van der Waals surface area contributed by atoms with Gasteiger partial charge in [0.1, 0.15) is 0 Å². The van der Waals surface area contributed by atoms with Gasteiger partial charge in [-0.25, -0.2) is 0 Å². The minimum absolute atomic E-state index is 0.0185. The first kappa shape index (κ1) is 22.1. The van der Waals surface area contributed by atoms with Crippen LogP contribution >= 0.6 is 0 Å². The number of para-hydroxylation sites is 1.